The van der Waals surface area contributed by atoms with Gasteiger partial charge in [0, 0.05) is 30.6 Å². The van der Waals surface area contributed by atoms with Crippen LogP contribution >= 0.6 is 0 Å². The van der Waals surface area contributed by atoms with Crippen LogP contribution in [-0.4, -0.2) is 30.4 Å². The van der Waals surface area contributed by atoms with Crippen molar-refractivity contribution in [3.05, 3.63) is 63.6 Å². The van der Waals surface area contributed by atoms with E-state index in [9.17, 15) is 20.0 Å². The van der Waals surface area contributed by atoms with Gasteiger partial charge in [0.15, 0.2) is 11.4 Å². The zero-order valence-electron chi connectivity index (χ0n) is 11.4. The Hall–Kier alpha value is -3.29. The van der Waals surface area contributed by atoms with Crippen LogP contribution in [0.2, 0.25) is 0 Å². The Kier molecular flexibility index (Phi) is 3.06. The highest BCUT2D eigenvalue weighted by molar-refractivity contribution is 6.10. The second-order valence-electron chi connectivity index (χ2n) is 4.72. The number of fused-ring (bicyclic) bond motifs is 1. The summed E-state index contributed by atoms with van der Waals surface area (Å²) in [4.78, 5) is 26.7. The predicted molar refractivity (Wildman–Crippen MR) is 75.9 cm³/mol. The number of nitro groups is 1. The highest BCUT2D eigenvalue weighted by Crippen LogP contribution is 2.25. The highest BCUT2D eigenvalue weighted by atomic mass is 16.6. The third kappa shape index (κ3) is 2.26. The van der Waals surface area contributed by atoms with Crippen molar-refractivity contribution in [1.82, 2.24) is 14.6 Å². The number of aromatic hydroxyl groups is 1. The van der Waals surface area contributed by atoms with E-state index in [0.29, 0.717) is 5.65 Å². The summed E-state index contributed by atoms with van der Waals surface area (Å²) in [6, 6.07) is 5.04. The first-order valence-corrected chi connectivity index (χ1v) is 6.30. The fourth-order valence-electron chi connectivity index (χ4n) is 2.09. The molecule has 0 saturated heterocycles. The molecular formula is C14H10N4O4. The third-order valence-electron chi connectivity index (χ3n) is 3.13. The van der Waals surface area contributed by atoms with Crippen LogP contribution in [0.15, 0.2) is 36.7 Å². The van der Waals surface area contributed by atoms with Gasteiger partial charge in [0.1, 0.15) is 5.75 Å². The van der Waals surface area contributed by atoms with E-state index in [-0.39, 0.29) is 22.6 Å². The average molecular weight is 298 g/mol. The topological polar surface area (TPSA) is 111 Å². The first-order valence-electron chi connectivity index (χ1n) is 6.30. The summed E-state index contributed by atoms with van der Waals surface area (Å²) in [5, 5.41) is 24.7. The van der Waals surface area contributed by atoms with Crippen LogP contribution in [0.1, 0.15) is 21.6 Å². The molecule has 0 saturated carbocycles. The number of aryl methyl sites for hydroxylation is 1. The standard InChI is InChI=1S/C14H10N4O4/c1-8-4-13-15-6-9(7-17(13)16-8)14(20)11-5-10(18(21)22)2-3-12(11)19/h2-7,19H,1H3. The number of carbonyl (C=O) groups excluding carboxylic acids is 1. The van der Waals surface area contributed by atoms with Crippen molar-refractivity contribution in [1.29, 1.82) is 0 Å². The molecule has 2 aromatic heterocycles. The number of carbonyl (C=O) groups is 1. The number of nitrogens with zero attached hydrogens (tertiary/aromatic N) is 4. The van der Waals surface area contributed by atoms with E-state index in [1.54, 1.807) is 13.0 Å². The van der Waals surface area contributed by atoms with Crippen LogP contribution in [0.3, 0.4) is 0 Å². The molecule has 3 rings (SSSR count). The van der Waals surface area contributed by atoms with Crippen molar-refractivity contribution >= 4 is 17.1 Å². The number of rotatable bonds is 3. The van der Waals surface area contributed by atoms with Crippen LogP contribution in [-0.2, 0) is 0 Å². The van der Waals surface area contributed by atoms with E-state index in [2.05, 4.69) is 10.1 Å². The fraction of sp³-hybridized carbons (Fsp3) is 0.0714. The summed E-state index contributed by atoms with van der Waals surface area (Å²) in [5.41, 5.74) is 1.07. The Morgan fingerprint density at radius 3 is 2.86 bits per heavy atom. The number of ketones is 1. The second-order valence-corrected chi connectivity index (χ2v) is 4.72. The molecule has 8 nitrogen and oxygen atoms in total. The molecule has 0 aliphatic carbocycles. The molecule has 3 aromatic rings. The van der Waals surface area contributed by atoms with Crippen molar-refractivity contribution in [2.45, 2.75) is 6.92 Å². The molecule has 0 radical (unpaired) electrons. The first kappa shape index (κ1) is 13.7. The van der Waals surface area contributed by atoms with Gasteiger partial charge in [-0.2, -0.15) is 5.10 Å². The van der Waals surface area contributed by atoms with Crippen molar-refractivity contribution in [2.75, 3.05) is 0 Å². The monoisotopic (exact) mass is 298 g/mol. The second kappa shape index (κ2) is 4.92. The van der Waals surface area contributed by atoms with E-state index < -0.39 is 10.7 Å². The molecule has 0 aliphatic heterocycles. The van der Waals surface area contributed by atoms with E-state index >= 15 is 0 Å². The highest BCUT2D eigenvalue weighted by Gasteiger charge is 2.19. The molecule has 0 spiro atoms. The largest absolute Gasteiger partial charge is 0.507 e. The Morgan fingerprint density at radius 2 is 2.14 bits per heavy atom. The van der Waals surface area contributed by atoms with Gasteiger partial charge in [-0.1, -0.05) is 0 Å². The van der Waals surface area contributed by atoms with Crippen LogP contribution in [0.5, 0.6) is 5.75 Å². The lowest BCUT2D eigenvalue weighted by Crippen LogP contribution is -2.05. The van der Waals surface area contributed by atoms with Gasteiger partial charge in [0.05, 0.1) is 21.7 Å². The molecule has 0 unspecified atom stereocenters. The molecule has 1 N–H and O–H groups in total. The Balaban J connectivity index is 2.08. The number of nitro benzene ring substituents is 1. The fourth-order valence-corrected chi connectivity index (χ4v) is 2.09. The van der Waals surface area contributed by atoms with Gasteiger partial charge in [-0.15, -0.1) is 0 Å². The summed E-state index contributed by atoms with van der Waals surface area (Å²) in [5.74, 6) is -0.893. The molecule has 0 fully saturated rings. The van der Waals surface area contributed by atoms with Crippen LogP contribution in [0.25, 0.3) is 5.65 Å². The molecule has 0 amide bonds. The maximum absolute atomic E-state index is 12.4. The van der Waals surface area contributed by atoms with Crippen molar-refractivity contribution in [3.63, 3.8) is 0 Å². The van der Waals surface area contributed by atoms with Gasteiger partial charge < -0.3 is 5.11 Å². The summed E-state index contributed by atoms with van der Waals surface area (Å²) < 4.78 is 1.44. The van der Waals surface area contributed by atoms with Crippen LogP contribution < -0.4 is 0 Å². The van der Waals surface area contributed by atoms with Gasteiger partial charge in [-0.3, -0.25) is 14.9 Å². The summed E-state index contributed by atoms with van der Waals surface area (Å²) in [6.07, 6.45) is 2.81. The normalized spacial score (nSPS) is 10.8. The molecule has 1 aromatic carbocycles. The summed E-state index contributed by atoms with van der Waals surface area (Å²) >= 11 is 0. The molecule has 22 heavy (non-hydrogen) atoms. The molecule has 2 heterocycles. The van der Waals surface area contributed by atoms with Gasteiger partial charge in [0.2, 0.25) is 0 Å². The minimum Gasteiger partial charge on any atom is -0.507 e. The van der Waals surface area contributed by atoms with Crippen molar-refractivity contribution in [2.24, 2.45) is 0 Å². The number of phenols is 1. The van der Waals surface area contributed by atoms with E-state index in [1.165, 1.54) is 16.9 Å². The van der Waals surface area contributed by atoms with Crippen molar-refractivity contribution in [3.8, 4) is 5.75 Å². The first-order chi connectivity index (χ1) is 10.5. The van der Waals surface area contributed by atoms with E-state index in [4.69, 9.17) is 0 Å². The lowest BCUT2D eigenvalue weighted by Gasteiger charge is -2.04. The zero-order valence-corrected chi connectivity index (χ0v) is 11.4. The third-order valence-corrected chi connectivity index (χ3v) is 3.13. The van der Waals surface area contributed by atoms with Crippen LogP contribution in [0, 0.1) is 17.0 Å². The number of non-ortho nitro benzene ring substituents is 1. The number of benzene rings is 1. The quantitative estimate of drug-likeness (QED) is 0.449. The van der Waals surface area contributed by atoms with Gasteiger partial charge in [-0.05, 0) is 13.0 Å². The maximum atomic E-state index is 12.4. The lowest BCUT2D eigenvalue weighted by molar-refractivity contribution is -0.384. The molecule has 0 aliphatic rings. The van der Waals surface area contributed by atoms with E-state index in [0.717, 1.165) is 23.9 Å². The Bertz CT molecular complexity index is 916. The SMILES string of the molecule is Cc1cc2ncc(C(=O)c3cc([N+](=O)[O-])ccc3O)cn2n1. The molecular weight excluding hydrogens is 288 g/mol. The minimum atomic E-state index is -0.630. The Labute approximate surface area is 123 Å². The number of hydrogen-bond donors (Lipinski definition) is 1. The molecule has 8 heteroatoms. The maximum Gasteiger partial charge on any atom is 0.270 e. The Morgan fingerprint density at radius 1 is 1.36 bits per heavy atom. The smallest absolute Gasteiger partial charge is 0.270 e. The number of aromatic nitrogens is 3. The van der Waals surface area contributed by atoms with Gasteiger partial charge in [0.25, 0.3) is 5.69 Å². The van der Waals surface area contributed by atoms with Crippen molar-refractivity contribution < 1.29 is 14.8 Å². The summed E-state index contributed by atoms with van der Waals surface area (Å²) in [6.45, 7) is 1.79. The average Bonchev–Trinajstić information content (AvgIpc) is 2.85. The molecule has 0 atom stereocenters. The number of hydrogen-bond acceptors (Lipinski definition) is 6. The zero-order chi connectivity index (χ0) is 15.9. The molecule has 0 bridgehead atoms. The van der Waals surface area contributed by atoms with Crippen LogP contribution in [0.4, 0.5) is 5.69 Å². The minimum absolute atomic E-state index is 0.153. The van der Waals surface area contributed by atoms with E-state index in [1.807, 2.05) is 0 Å². The number of phenolic OH excluding ortho intramolecular Hbond substituents is 1. The molecule has 110 valence electrons. The summed E-state index contributed by atoms with van der Waals surface area (Å²) in [7, 11) is 0. The van der Waals surface area contributed by atoms with Gasteiger partial charge in [-0.25, -0.2) is 9.50 Å². The predicted octanol–water partition coefficient (Wildman–Crippen LogP) is 1.88. The lowest BCUT2D eigenvalue weighted by atomic mass is 10.0. The van der Waals surface area contributed by atoms with Gasteiger partial charge >= 0.3 is 0 Å².